The number of para-hydroxylation sites is 1. The zero-order valence-corrected chi connectivity index (χ0v) is 9.22. The summed E-state index contributed by atoms with van der Waals surface area (Å²) in [7, 11) is 0. The van der Waals surface area contributed by atoms with Gasteiger partial charge < -0.3 is 0 Å². The van der Waals surface area contributed by atoms with E-state index >= 15 is 0 Å². The van der Waals surface area contributed by atoms with E-state index in [0.29, 0.717) is 5.75 Å². The second-order valence-electron chi connectivity index (χ2n) is 4.13. The third-order valence-electron chi connectivity index (χ3n) is 2.90. The third kappa shape index (κ3) is 2.99. The van der Waals surface area contributed by atoms with Crippen LogP contribution in [0.5, 0.6) is 5.75 Å². The number of hydrogen-bond donors (Lipinski definition) is 0. The highest BCUT2D eigenvalue weighted by atomic mass is 17.2. The molecule has 3 nitrogen and oxygen atoms in total. The summed E-state index contributed by atoms with van der Waals surface area (Å²) < 4.78 is 0. The molecule has 1 aromatic rings. The average Bonchev–Trinajstić information content (AvgIpc) is 2.38. The van der Waals surface area contributed by atoms with Crippen LogP contribution in [-0.4, -0.2) is 5.97 Å². The van der Waals surface area contributed by atoms with Crippen LogP contribution in [0.3, 0.4) is 0 Å². The normalized spacial score (nSPS) is 16.8. The fourth-order valence-corrected chi connectivity index (χ4v) is 1.97. The van der Waals surface area contributed by atoms with E-state index in [9.17, 15) is 4.79 Å². The molecule has 2 rings (SSSR count). The molecule has 0 unspecified atom stereocenters. The predicted octanol–water partition coefficient (Wildman–Crippen LogP) is 3.10. The van der Waals surface area contributed by atoms with Crippen LogP contribution in [0.25, 0.3) is 0 Å². The van der Waals surface area contributed by atoms with E-state index in [1.54, 1.807) is 12.1 Å². The highest BCUT2D eigenvalue weighted by Gasteiger charge is 2.23. The lowest BCUT2D eigenvalue weighted by Crippen LogP contribution is -2.21. The van der Waals surface area contributed by atoms with Gasteiger partial charge in [0, 0.05) is 0 Å². The molecule has 1 aliphatic rings. The molecule has 3 heteroatoms. The summed E-state index contributed by atoms with van der Waals surface area (Å²) >= 11 is 0. The second-order valence-corrected chi connectivity index (χ2v) is 4.13. The molecule has 0 spiro atoms. The fraction of sp³-hybridized carbons (Fsp3) is 0.462. The highest BCUT2D eigenvalue weighted by molar-refractivity contribution is 5.71. The Morgan fingerprint density at radius 1 is 1.06 bits per heavy atom. The molecule has 0 saturated heterocycles. The van der Waals surface area contributed by atoms with Crippen molar-refractivity contribution in [3.8, 4) is 5.75 Å². The van der Waals surface area contributed by atoms with Crippen molar-refractivity contribution in [2.75, 3.05) is 0 Å². The molecule has 1 aliphatic carbocycles. The largest absolute Gasteiger partial charge is 0.358 e. The summed E-state index contributed by atoms with van der Waals surface area (Å²) in [5, 5.41) is 0. The van der Waals surface area contributed by atoms with Crippen molar-refractivity contribution in [1.82, 2.24) is 0 Å². The van der Waals surface area contributed by atoms with Gasteiger partial charge in [-0.05, 0) is 25.0 Å². The number of rotatable bonds is 3. The zero-order chi connectivity index (χ0) is 11.2. The fourth-order valence-electron chi connectivity index (χ4n) is 1.97. The molecule has 0 radical (unpaired) electrons. The summed E-state index contributed by atoms with van der Waals surface area (Å²) in [4.78, 5) is 21.4. The van der Waals surface area contributed by atoms with Crippen molar-refractivity contribution in [1.29, 1.82) is 0 Å². The summed E-state index contributed by atoms with van der Waals surface area (Å²) in [6.07, 6.45) is 5.31. The monoisotopic (exact) mass is 220 g/mol. The Kier molecular flexibility index (Phi) is 3.81. The second kappa shape index (κ2) is 5.54. The van der Waals surface area contributed by atoms with Crippen LogP contribution in [0.1, 0.15) is 32.1 Å². The minimum Gasteiger partial charge on any atom is -0.287 e. The Morgan fingerprint density at radius 3 is 2.44 bits per heavy atom. The lowest BCUT2D eigenvalue weighted by molar-refractivity contribution is -0.219. The number of benzene rings is 1. The van der Waals surface area contributed by atoms with Crippen LogP contribution in [0.15, 0.2) is 30.3 Å². The van der Waals surface area contributed by atoms with Gasteiger partial charge in [0.25, 0.3) is 0 Å². The highest BCUT2D eigenvalue weighted by Crippen LogP contribution is 2.24. The van der Waals surface area contributed by atoms with E-state index in [2.05, 4.69) is 0 Å². The first-order valence-electron chi connectivity index (χ1n) is 5.79. The molecule has 0 atom stereocenters. The summed E-state index contributed by atoms with van der Waals surface area (Å²) in [6, 6.07) is 9.08. The average molecular weight is 220 g/mol. The first kappa shape index (κ1) is 11.0. The van der Waals surface area contributed by atoms with Gasteiger partial charge in [0.2, 0.25) is 0 Å². The van der Waals surface area contributed by atoms with Crippen molar-refractivity contribution in [2.24, 2.45) is 5.92 Å². The van der Waals surface area contributed by atoms with Crippen LogP contribution in [0.2, 0.25) is 0 Å². The van der Waals surface area contributed by atoms with Crippen LogP contribution >= 0.6 is 0 Å². The van der Waals surface area contributed by atoms with Crippen molar-refractivity contribution < 1.29 is 14.6 Å². The van der Waals surface area contributed by atoms with Gasteiger partial charge in [-0.15, -0.1) is 0 Å². The first-order chi connectivity index (χ1) is 7.86. The molecule has 1 saturated carbocycles. The Balaban J connectivity index is 1.79. The van der Waals surface area contributed by atoms with Gasteiger partial charge in [0.1, 0.15) is 0 Å². The summed E-state index contributed by atoms with van der Waals surface area (Å²) in [6.45, 7) is 0. The number of carbonyl (C=O) groups is 1. The van der Waals surface area contributed by atoms with Gasteiger partial charge in [-0.25, -0.2) is 4.79 Å². The van der Waals surface area contributed by atoms with E-state index < -0.39 is 0 Å². The van der Waals surface area contributed by atoms with Crippen LogP contribution < -0.4 is 4.89 Å². The van der Waals surface area contributed by atoms with Gasteiger partial charge in [0.05, 0.1) is 5.92 Å². The minimum absolute atomic E-state index is 0.0254. The summed E-state index contributed by atoms with van der Waals surface area (Å²) in [5.41, 5.74) is 0. The van der Waals surface area contributed by atoms with Gasteiger partial charge in [-0.3, -0.25) is 9.78 Å². The molecule has 0 bridgehead atoms. The molecular weight excluding hydrogens is 204 g/mol. The number of carbonyl (C=O) groups excluding carboxylic acids is 1. The topological polar surface area (TPSA) is 35.5 Å². The molecule has 1 aromatic carbocycles. The molecule has 16 heavy (non-hydrogen) atoms. The summed E-state index contributed by atoms with van der Waals surface area (Å²) in [5.74, 6) is 0.354. The Hall–Kier alpha value is -1.51. The Labute approximate surface area is 95.3 Å². The van der Waals surface area contributed by atoms with E-state index in [-0.39, 0.29) is 11.9 Å². The maximum absolute atomic E-state index is 11.6. The predicted molar refractivity (Wildman–Crippen MR) is 59.7 cm³/mol. The lowest BCUT2D eigenvalue weighted by Gasteiger charge is -2.18. The Bertz CT molecular complexity index is 328. The van der Waals surface area contributed by atoms with Crippen molar-refractivity contribution in [3.05, 3.63) is 30.3 Å². The van der Waals surface area contributed by atoms with E-state index in [4.69, 9.17) is 9.78 Å². The van der Waals surface area contributed by atoms with E-state index in [1.807, 2.05) is 18.2 Å². The SMILES string of the molecule is O=C(OOc1ccccc1)C1CCCCC1. The Morgan fingerprint density at radius 2 is 1.75 bits per heavy atom. The number of hydrogen-bond acceptors (Lipinski definition) is 3. The van der Waals surface area contributed by atoms with E-state index in [1.165, 1.54) is 6.42 Å². The van der Waals surface area contributed by atoms with Crippen LogP contribution in [-0.2, 0) is 9.68 Å². The van der Waals surface area contributed by atoms with Crippen molar-refractivity contribution in [3.63, 3.8) is 0 Å². The molecule has 0 aliphatic heterocycles. The van der Waals surface area contributed by atoms with Gasteiger partial charge >= 0.3 is 5.97 Å². The maximum atomic E-state index is 11.6. The van der Waals surface area contributed by atoms with Gasteiger partial charge in [0.15, 0.2) is 5.75 Å². The standard InChI is InChI=1S/C13H16O3/c14-13(11-7-3-1-4-8-11)16-15-12-9-5-2-6-10-12/h2,5-6,9-11H,1,3-4,7-8H2. The molecule has 86 valence electrons. The molecule has 0 heterocycles. The molecular formula is C13H16O3. The third-order valence-corrected chi connectivity index (χ3v) is 2.90. The maximum Gasteiger partial charge on any atom is 0.358 e. The minimum atomic E-state index is -0.233. The van der Waals surface area contributed by atoms with Gasteiger partial charge in [-0.1, -0.05) is 37.5 Å². The van der Waals surface area contributed by atoms with Gasteiger partial charge in [-0.2, -0.15) is 0 Å². The van der Waals surface area contributed by atoms with E-state index in [0.717, 1.165) is 25.7 Å². The molecule has 0 aromatic heterocycles. The first-order valence-corrected chi connectivity index (χ1v) is 5.79. The van der Waals surface area contributed by atoms with Crippen LogP contribution in [0.4, 0.5) is 0 Å². The quantitative estimate of drug-likeness (QED) is 0.580. The molecule has 0 N–H and O–H groups in total. The zero-order valence-electron chi connectivity index (χ0n) is 9.22. The smallest absolute Gasteiger partial charge is 0.287 e. The lowest BCUT2D eigenvalue weighted by atomic mass is 9.89. The molecule has 1 fully saturated rings. The van der Waals surface area contributed by atoms with Crippen molar-refractivity contribution in [2.45, 2.75) is 32.1 Å². The van der Waals surface area contributed by atoms with Crippen molar-refractivity contribution >= 4 is 5.97 Å². The van der Waals surface area contributed by atoms with Crippen LogP contribution in [0, 0.1) is 5.92 Å². The molecule has 0 amide bonds.